The molecule has 0 radical (unpaired) electrons. The number of terminal acetylenes is 1. The largest absolute Gasteiger partial charge is 0.359 e. The lowest BCUT2D eigenvalue weighted by atomic mass is 10.1. The van der Waals surface area contributed by atoms with Gasteiger partial charge in [-0.05, 0) is 17.7 Å². The number of halogens is 1. The molecule has 0 bridgehead atoms. The van der Waals surface area contributed by atoms with Crippen LogP contribution in [0.25, 0.3) is 0 Å². The van der Waals surface area contributed by atoms with Gasteiger partial charge in [0.05, 0.1) is 19.4 Å². The molecule has 1 fully saturated rings. The molecule has 1 aliphatic heterocycles. The monoisotopic (exact) mass is 249 g/mol. The van der Waals surface area contributed by atoms with Crippen LogP contribution in [-0.2, 0) is 4.74 Å². The first-order chi connectivity index (χ1) is 8.79. The molecule has 4 nitrogen and oxygen atoms in total. The van der Waals surface area contributed by atoms with E-state index in [1.165, 1.54) is 12.1 Å². The Bertz CT molecular complexity index is 409. The molecular formula is C13H16FN3O. The molecule has 96 valence electrons. The van der Waals surface area contributed by atoms with E-state index < -0.39 is 0 Å². The molecular weight excluding hydrogens is 233 g/mol. The van der Waals surface area contributed by atoms with Gasteiger partial charge in [-0.25, -0.2) is 14.8 Å². The van der Waals surface area contributed by atoms with E-state index in [1.54, 1.807) is 12.1 Å². The van der Waals surface area contributed by atoms with Gasteiger partial charge in [0.15, 0.2) is 0 Å². The number of nitrogens with zero attached hydrogens (tertiary/aromatic N) is 1. The molecule has 1 aromatic rings. The Kier molecular flexibility index (Phi) is 4.67. The van der Waals surface area contributed by atoms with Gasteiger partial charge in [0.2, 0.25) is 0 Å². The van der Waals surface area contributed by atoms with E-state index in [2.05, 4.69) is 16.7 Å². The van der Waals surface area contributed by atoms with Crippen LogP contribution in [0.4, 0.5) is 4.39 Å². The Balaban J connectivity index is 2.03. The molecule has 0 aliphatic carbocycles. The van der Waals surface area contributed by atoms with E-state index in [-0.39, 0.29) is 18.5 Å². The summed E-state index contributed by atoms with van der Waals surface area (Å²) in [7, 11) is 0. The Labute approximate surface area is 106 Å². The van der Waals surface area contributed by atoms with Gasteiger partial charge in [-0.15, -0.1) is 6.42 Å². The molecule has 5 heteroatoms. The van der Waals surface area contributed by atoms with Crippen molar-refractivity contribution in [2.45, 2.75) is 6.10 Å². The van der Waals surface area contributed by atoms with Crippen LogP contribution < -0.4 is 10.7 Å². The number of benzene rings is 1. The van der Waals surface area contributed by atoms with Crippen molar-refractivity contribution in [3.05, 3.63) is 35.6 Å². The van der Waals surface area contributed by atoms with Crippen molar-refractivity contribution in [1.82, 2.24) is 15.8 Å². The second-order valence-corrected chi connectivity index (χ2v) is 4.02. The minimum absolute atomic E-state index is 0.172. The molecule has 1 saturated heterocycles. The van der Waals surface area contributed by atoms with Gasteiger partial charge in [0.1, 0.15) is 12.4 Å². The summed E-state index contributed by atoms with van der Waals surface area (Å²) in [4.78, 5) is 0. The Morgan fingerprint density at radius 3 is 2.83 bits per heavy atom. The molecule has 0 amide bonds. The molecule has 1 heterocycles. The van der Waals surface area contributed by atoms with Crippen LogP contribution in [0.15, 0.2) is 24.3 Å². The molecule has 1 atom stereocenters. The highest BCUT2D eigenvalue weighted by Crippen LogP contribution is 2.19. The molecule has 0 saturated carbocycles. The lowest BCUT2D eigenvalue weighted by Gasteiger charge is -2.22. The van der Waals surface area contributed by atoms with Crippen molar-refractivity contribution in [2.75, 3.05) is 26.5 Å². The lowest BCUT2D eigenvalue weighted by molar-refractivity contribution is 0.0384. The quantitative estimate of drug-likeness (QED) is 0.758. The van der Waals surface area contributed by atoms with Crippen LogP contribution in [-0.4, -0.2) is 31.5 Å². The van der Waals surface area contributed by atoms with Crippen molar-refractivity contribution in [2.24, 2.45) is 0 Å². The third-order valence-corrected chi connectivity index (χ3v) is 2.73. The average molecular weight is 249 g/mol. The maximum absolute atomic E-state index is 12.9. The van der Waals surface area contributed by atoms with Crippen LogP contribution in [0.1, 0.15) is 11.7 Å². The van der Waals surface area contributed by atoms with Gasteiger partial charge in [-0.3, -0.25) is 5.32 Å². The molecule has 0 spiro atoms. The van der Waals surface area contributed by atoms with Gasteiger partial charge in [0.25, 0.3) is 0 Å². The van der Waals surface area contributed by atoms with Gasteiger partial charge in [0, 0.05) is 6.54 Å². The average Bonchev–Trinajstić information content (AvgIpc) is 2.88. The van der Waals surface area contributed by atoms with E-state index in [1.807, 2.05) is 5.01 Å². The third-order valence-electron chi connectivity index (χ3n) is 2.73. The number of nitrogens with one attached hydrogen (secondary N) is 2. The molecule has 18 heavy (non-hydrogen) atoms. The molecule has 1 unspecified atom stereocenters. The van der Waals surface area contributed by atoms with E-state index in [0.29, 0.717) is 6.54 Å². The molecule has 1 aromatic carbocycles. The minimum Gasteiger partial charge on any atom is -0.359 e. The number of hydrogen-bond acceptors (Lipinski definition) is 4. The summed E-state index contributed by atoms with van der Waals surface area (Å²) in [6.07, 6.45) is 5.04. The standard InChI is InChI=1S/C13H16FN3O/c1-2-7-18-13(8-17-10-15-9-16-17)11-3-5-12(14)6-4-11/h1,3-6,13,15-16H,7-10H2. The Morgan fingerprint density at radius 2 is 2.22 bits per heavy atom. The van der Waals surface area contributed by atoms with E-state index in [0.717, 1.165) is 18.9 Å². The Morgan fingerprint density at radius 1 is 1.44 bits per heavy atom. The van der Waals surface area contributed by atoms with Crippen molar-refractivity contribution in [1.29, 1.82) is 0 Å². The fourth-order valence-electron chi connectivity index (χ4n) is 1.82. The van der Waals surface area contributed by atoms with Gasteiger partial charge in [-0.2, -0.15) is 0 Å². The highest BCUT2D eigenvalue weighted by Gasteiger charge is 2.18. The maximum Gasteiger partial charge on any atom is 0.123 e. The van der Waals surface area contributed by atoms with Crippen molar-refractivity contribution in [3.8, 4) is 12.3 Å². The number of ether oxygens (including phenoxy) is 1. The van der Waals surface area contributed by atoms with Crippen LogP contribution in [0, 0.1) is 18.2 Å². The van der Waals surface area contributed by atoms with Crippen molar-refractivity contribution < 1.29 is 9.13 Å². The molecule has 1 aliphatic rings. The fourth-order valence-corrected chi connectivity index (χ4v) is 1.82. The second-order valence-electron chi connectivity index (χ2n) is 4.02. The number of rotatable bonds is 5. The van der Waals surface area contributed by atoms with Crippen LogP contribution in [0.5, 0.6) is 0 Å². The fraction of sp³-hybridized carbons (Fsp3) is 0.385. The van der Waals surface area contributed by atoms with Crippen LogP contribution in [0.2, 0.25) is 0 Å². The first-order valence-corrected chi connectivity index (χ1v) is 5.79. The zero-order chi connectivity index (χ0) is 12.8. The SMILES string of the molecule is C#CCOC(CN1CNCN1)c1ccc(F)cc1. The van der Waals surface area contributed by atoms with E-state index in [9.17, 15) is 4.39 Å². The minimum atomic E-state index is -0.254. The highest BCUT2D eigenvalue weighted by atomic mass is 19.1. The lowest BCUT2D eigenvalue weighted by Crippen LogP contribution is -2.35. The summed E-state index contributed by atoms with van der Waals surface area (Å²) in [5, 5.41) is 5.16. The number of hydrazine groups is 1. The normalized spacial score (nSPS) is 17.6. The first-order valence-electron chi connectivity index (χ1n) is 5.79. The summed E-state index contributed by atoms with van der Waals surface area (Å²) in [5.74, 6) is 2.20. The topological polar surface area (TPSA) is 36.5 Å². The smallest absolute Gasteiger partial charge is 0.123 e. The summed E-state index contributed by atoms with van der Waals surface area (Å²) < 4.78 is 18.5. The summed E-state index contributed by atoms with van der Waals surface area (Å²) in [5.41, 5.74) is 4.08. The molecule has 2 rings (SSSR count). The predicted octanol–water partition coefficient (Wildman–Crippen LogP) is 0.841. The third kappa shape index (κ3) is 3.52. The van der Waals surface area contributed by atoms with Crippen LogP contribution >= 0.6 is 0 Å². The maximum atomic E-state index is 12.9. The van der Waals surface area contributed by atoms with Crippen molar-refractivity contribution >= 4 is 0 Å². The zero-order valence-corrected chi connectivity index (χ0v) is 10.0. The highest BCUT2D eigenvalue weighted by molar-refractivity contribution is 5.19. The van der Waals surface area contributed by atoms with Crippen molar-refractivity contribution in [3.63, 3.8) is 0 Å². The van der Waals surface area contributed by atoms with Gasteiger partial charge in [-0.1, -0.05) is 18.1 Å². The second kappa shape index (κ2) is 6.47. The van der Waals surface area contributed by atoms with Crippen LogP contribution in [0.3, 0.4) is 0 Å². The van der Waals surface area contributed by atoms with Gasteiger partial charge >= 0.3 is 0 Å². The molecule has 0 aromatic heterocycles. The van der Waals surface area contributed by atoms with Gasteiger partial charge < -0.3 is 4.74 Å². The summed E-state index contributed by atoms with van der Waals surface area (Å²) in [6.45, 7) is 2.38. The number of hydrogen-bond donors (Lipinski definition) is 2. The predicted molar refractivity (Wildman–Crippen MR) is 66.6 cm³/mol. The first kappa shape index (κ1) is 13.0. The summed E-state index contributed by atoms with van der Waals surface area (Å²) in [6, 6.07) is 6.30. The zero-order valence-electron chi connectivity index (χ0n) is 10.0. The Hall–Kier alpha value is -1.45. The van der Waals surface area contributed by atoms with E-state index in [4.69, 9.17) is 11.2 Å². The summed E-state index contributed by atoms with van der Waals surface area (Å²) >= 11 is 0. The molecule has 2 N–H and O–H groups in total. The van der Waals surface area contributed by atoms with E-state index >= 15 is 0 Å².